The highest BCUT2D eigenvalue weighted by Crippen LogP contribution is 2.26. The molecular weight excluding hydrogens is 250 g/mol. The SMILES string of the molecule is CCCCCC(N)c1cccc(Br)c1C. The maximum absolute atomic E-state index is 6.18. The fraction of sp³-hybridized carbons (Fsp3) is 0.538. The average Bonchev–Trinajstić information content (AvgIpc) is 2.22. The molecule has 1 nitrogen and oxygen atoms in total. The predicted octanol–water partition coefficient (Wildman–Crippen LogP) is 4.34. The molecule has 0 aliphatic carbocycles. The number of nitrogens with two attached hydrogens (primary N) is 1. The van der Waals surface area contributed by atoms with Crippen molar-refractivity contribution in [3.63, 3.8) is 0 Å². The first-order chi connectivity index (χ1) is 7.16. The first kappa shape index (κ1) is 12.7. The Balaban J connectivity index is 2.65. The lowest BCUT2D eigenvalue weighted by molar-refractivity contribution is 0.579. The molecule has 84 valence electrons. The molecule has 0 heterocycles. The number of hydrogen-bond donors (Lipinski definition) is 1. The number of rotatable bonds is 5. The van der Waals surface area contributed by atoms with Gasteiger partial charge < -0.3 is 5.73 Å². The molecule has 0 aliphatic heterocycles. The van der Waals surface area contributed by atoms with Gasteiger partial charge in [-0.3, -0.25) is 0 Å². The molecule has 1 unspecified atom stereocenters. The highest BCUT2D eigenvalue weighted by atomic mass is 79.9. The van der Waals surface area contributed by atoms with E-state index in [1.807, 2.05) is 0 Å². The second-order valence-electron chi connectivity index (χ2n) is 4.06. The number of unbranched alkanes of at least 4 members (excludes halogenated alkanes) is 2. The van der Waals surface area contributed by atoms with E-state index in [-0.39, 0.29) is 6.04 Å². The average molecular weight is 270 g/mol. The Kier molecular flexibility index (Phi) is 5.34. The molecule has 15 heavy (non-hydrogen) atoms. The van der Waals surface area contributed by atoms with Crippen molar-refractivity contribution < 1.29 is 0 Å². The van der Waals surface area contributed by atoms with E-state index >= 15 is 0 Å². The topological polar surface area (TPSA) is 26.0 Å². The second-order valence-corrected chi connectivity index (χ2v) is 4.91. The van der Waals surface area contributed by atoms with Gasteiger partial charge in [0.05, 0.1) is 0 Å². The molecule has 0 fully saturated rings. The summed E-state index contributed by atoms with van der Waals surface area (Å²) < 4.78 is 1.16. The van der Waals surface area contributed by atoms with Gasteiger partial charge in [0.1, 0.15) is 0 Å². The normalized spacial score (nSPS) is 12.8. The third-order valence-electron chi connectivity index (χ3n) is 2.83. The van der Waals surface area contributed by atoms with Crippen molar-refractivity contribution >= 4 is 15.9 Å². The molecule has 1 aromatic rings. The van der Waals surface area contributed by atoms with E-state index in [4.69, 9.17) is 5.73 Å². The Morgan fingerprint density at radius 2 is 2.07 bits per heavy atom. The van der Waals surface area contributed by atoms with Gasteiger partial charge in [0, 0.05) is 10.5 Å². The van der Waals surface area contributed by atoms with E-state index in [0.29, 0.717) is 0 Å². The fourth-order valence-corrected chi connectivity index (χ4v) is 2.18. The van der Waals surface area contributed by atoms with Crippen molar-refractivity contribution in [1.82, 2.24) is 0 Å². The quantitative estimate of drug-likeness (QED) is 0.791. The molecule has 0 aromatic heterocycles. The number of benzene rings is 1. The summed E-state index contributed by atoms with van der Waals surface area (Å²) in [5.41, 5.74) is 8.74. The zero-order valence-electron chi connectivity index (χ0n) is 9.59. The van der Waals surface area contributed by atoms with E-state index in [2.05, 4.69) is 48.0 Å². The van der Waals surface area contributed by atoms with Crippen LogP contribution in [0.4, 0.5) is 0 Å². The molecule has 0 bridgehead atoms. The molecule has 2 N–H and O–H groups in total. The molecule has 0 radical (unpaired) electrons. The fourth-order valence-electron chi connectivity index (χ4n) is 1.80. The minimum absolute atomic E-state index is 0.189. The lowest BCUT2D eigenvalue weighted by atomic mass is 9.97. The van der Waals surface area contributed by atoms with Crippen molar-refractivity contribution in [2.75, 3.05) is 0 Å². The molecule has 0 saturated heterocycles. The van der Waals surface area contributed by atoms with Gasteiger partial charge in [-0.2, -0.15) is 0 Å². The summed E-state index contributed by atoms with van der Waals surface area (Å²) in [5, 5.41) is 0. The summed E-state index contributed by atoms with van der Waals surface area (Å²) in [6.07, 6.45) is 4.85. The lowest BCUT2D eigenvalue weighted by Crippen LogP contribution is -2.11. The molecule has 0 aliphatic rings. The predicted molar refractivity (Wildman–Crippen MR) is 69.9 cm³/mol. The zero-order chi connectivity index (χ0) is 11.3. The second kappa shape index (κ2) is 6.29. The summed E-state index contributed by atoms with van der Waals surface area (Å²) in [4.78, 5) is 0. The van der Waals surface area contributed by atoms with Crippen LogP contribution in [0.25, 0.3) is 0 Å². The van der Waals surface area contributed by atoms with Crippen LogP contribution in [-0.2, 0) is 0 Å². The summed E-state index contributed by atoms with van der Waals surface area (Å²) in [6, 6.07) is 6.45. The third kappa shape index (κ3) is 3.62. The van der Waals surface area contributed by atoms with Crippen LogP contribution in [0.5, 0.6) is 0 Å². The van der Waals surface area contributed by atoms with Crippen molar-refractivity contribution in [3.8, 4) is 0 Å². The van der Waals surface area contributed by atoms with Gasteiger partial charge in [-0.1, -0.05) is 54.2 Å². The highest BCUT2D eigenvalue weighted by Gasteiger charge is 2.09. The minimum atomic E-state index is 0.189. The minimum Gasteiger partial charge on any atom is -0.324 e. The van der Waals surface area contributed by atoms with Crippen LogP contribution in [0.1, 0.15) is 49.8 Å². The number of halogens is 1. The van der Waals surface area contributed by atoms with Gasteiger partial charge in [-0.25, -0.2) is 0 Å². The molecule has 2 heteroatoms. The van der Waals surface area contributed by atoms with Gasteiger partial charge in [0.2, 0.25) is 0 Å². The Hall–Kier alpha value is -0.340. The molecule has 1 atom stereocenters. The summed E-state index contributed by atoms with van der Waals surface area (Å²) >= 11 is 3.54. The molecule has 0 saturated carbocycles. The van der Waals surface area contributed by atoms with Crippen LogP contribution in [0.15, 0.2) is 22.7 Å². The largest absolute Gasteiger partial charge is 0.324 e. The smallest absolute Gasteiger partial charge is 0.0297 e. The van der Waals surface area contributed by atoms with Crippen molar-refractivity contribution in [2.24, 2.45) is 5.73 Å². The monoisotopic (exact) mass is 269 g/mol. The van der Waals surface area contributed by atoms with Crippen LogP contribution < -0.4 is 5.73 Å². The van der Waals surface area contributed by atoms with E-state index in [1.165, 1.54) is 30.4 Å². The van der Waals surface area contributed by atoms with Gasteiger partial charge in [0.25, 0.3) is 0 Å². The summed E-state index contributed by atoms with van der Waals surface area (Å²) in [5.74, 6) is 0. The first-order valence-corrected chi connectivity index (χ1v) is 6.46. The van der Waals surface area contributed by atoms with Crippen LogP contribution in [0.3, 0.4) is 0 Å². The summed E-state index contributed by atoms with van der Waals surface area (Å²) in [6.45, 7) is 4.34. The van der Waals surface area contributed by atoms with Crippen molar-refractivity contribution in [1.29, 1.82) is 0 Å². The molecule has 1 aromatic carbocycles. The van der Waals surface area contributed by atoms with E-state index in [9.17, 15) is 0 Å². The van der Waals surface area contributed by atoms with Crippen LogP contribution >= 0.6 is 15.9 Å². The van der Waals surface area contributed by atoms with Gasteiger partial charge in [-0.05, 0) is 30.5 Å². The van der Waals surface area contributed by atoms with E-state index in [1.54, 1.807) is 0 Å². The van der Waals surface area contributed by atoms with Crippen LogP contribution in [0, 0.1) is 6.92 Å². The lowest BCUT2D eigenvalue weighted by Gasteiger charge is -2.15. The first-order valence-electron chi connectivity index (χ1n) is 5.67. The van der Waals surface area contributed by atoms with Crippen molar-refractivity contribution in [3.05, 3.63) is 33.8 Å². The van der Waals surface area contributed by atoms with Gasteiger partial charge >= 0.3 is 0 Å². The molecule has 1 rings (SSSR count). The molecule has 0 amide bonds. The van der Waals surface area contributed by atoms with Crippen LogP contribution in [0.2, 0.25) is 0 Å². The summed E-state index contributed by atoms with van der Waals surface area (Å²) in [7, 11) is 0. The Morgan fingerprint density at radius 1 is 1.33 bits per heavy atom. The highest BCUT2D eigenvalue weighted by molar-refractivity contribution is 9.10. The Morgan fingerprint density at radius 3 is 2.73 bits per heavy atom. The Bertz CT molecular complexity index is 309. The van der Waals surface area contributed by atoms with Crippen molar-refractivity contribution in [2.45, 2.75) is 45.6 Å². The third-order valence-corrected chi connectivity index (χ3v) is 3.69. The van der Waals surface area contributed by atoms with E-state index < -0.39 is 0 Å². The molecule has 0 spiro atoms. The number of hydrogen-bond acceptors (Lipinski definition) is 1. The molecular formula is C13H20BrN. The standard InChI is InChI=1S/C13H20BrN/c1-3-4-5-9-13(15)11-7-6-8-12(14)10(11)2/h6-8,13H,3-5,9,15H2,1-2H3. The van der Waals surface area contributed by atoms with Gasteiger partial charge in [-0.15, -0.1) is 0 Å². The van der Waals surface area contributed by atoms with E-state index in [0.717, 1.165) is 10.9 Å². The van der Waals surface area contributed by atoms with Gasteiger partial charge in [0.15, 0.2) is 0 Å². The maximum Gasteiger partial charge on any atom is 0.0297 e. The zero-order valence-corrected chi connectivity index (χ0v) is 11.2. The Labute approximate surface area is 101 Å². The maximum atomic E-state index is 6.18. The van der Waals surface area contributed by atoms with Crippen LogP contribution in [-0.4, -0.2) is 0 Å².